The van der Waals surface area contributed by atoms with Gasteiger partial charge in [0.2, 0.25) is 0 Å². The first-order valence-corrected chi connectivity index (χ1v) is 8.12. The summed E-state index contributed by atoms with van der Waals surface area (Å²) in [6.07, 6.45) is 6.91. The fourth-order valence-electron chi connectivity index (χ4n) is 3.16. The number of rotatable bonds is 8. The third-order valence-corrected chi connectivity index (χ3v) is 4.68. The first-order chi connectivity index (χ1) is 9.25. The van der Waals surface area contributed by atoms with E-state index in [9.17, 15) is 0 Å². The number of likely N-dealkylation sites (N-methyl/N-ethyl adjacent to an activating group) is 1. The molecule has 2 rings (SSSR count). The van der Waals surface area contributed by atoms with Gasteiger partial charge in [-0.3, -0.25) is 0 Å². The van der Waals surface area contributed by atoms with Gasteiger partial charge in [0.1, 0.15) is 0 Å². The van der Waals surface area contributed by atoms with Crippen LogP contribution in [0, 0.1) is 0 Å². The van der Waals surface area contributed by atoms with Crippen LogP contribution in [0.5, 0.6) is 0 Å². The number of likely N-dealkylation sites (tertiary alicyclic amines) is 2. The van der Waals surface area contributed by atoms with Gasteiger partial charge in [-0.25, -0.2) is 10.0 Å². The zero-order valence-corrected chi connectivity index (χ0v) is 13.0. The fraction of sp³-hybridized carbons (Fsp3) is 1.00. The predicted molar refractivity (Wildman–Crippen MR) is 81.2 cm³/mol. The molecule has 19 heavy (non-hydrogen) atoms. The fourth-order valence-corrected chi connectivity index (χ4v) is 3.16. The van der Waals surface area contributed by atoms with E-state index in [4.69, 9.17) is 0 Å². The zero-order chi connectivity index (χ0) is 13.5. The second-order valence-corrected chi connectivity index (χ2v) is 6.21. The Balaban J connectivity index is 1.52. The third-order valence-electron chi connectivity index (χ3n) is 4.68. The van der Waals surface area contributed by atoms with Crippen molar-refractivity contribution in [1.29, 1.82) is 0 Å². The Morgan fingerprint density at radius 1 is 0.684 bits per heavy atom. The van der Waals surface area contributed by atoms with E-state index >= 15 is 0 Å². The summed E-state index contributed by atoms with van der Waals surface area (Å²) in [6, 6.07) is 0. The summed E-state index contributed by atoms with van der Waals surface area (Å²) in [5, 5.41) is 4.79. The number of hydrogen-bond acceptors (Lipinski definition) is 4. The van der Waals surface area contributed by atoms with Crippen molar-refractivity contribution in [2.45, 2.75) is 32.1 Å². The Bertz CT molecular complexity index is 234. The molecule has 0 aromatic rings. The minimum Gasteiger partial charge on any atom is -0.303 e. The van der Waals surface area contributed by atoms with E-state index in [2.05, 4.69) is 33.9 Å². The van der Waals surface area contributed by atoms with Crippen LogP contribution < -0.4 is 0 Å². The van der Waals surface area contributed by atoms with Crippen LogP contribution >= 0.6 is 0 Å². The highest BCUT2D eigenvalue weighted by Gasteiger charge is 2.14. The Morgan fingerprint density at radius 3 is 1.74 bits per heavy atom. The average Bonchev–Trinajstić information content (AvgIpc) is 3.08. The van der Waals surface area contributed by atoms with E-state index in [1.165, 1.54) is 84.5 Å². The molecule has 2 aliphatic heterocycles. The van der Waals surface area contributed by atoms with Gasteiger partial charge in [0.25, 0.3) is 0 Å². The maximum atomic E-state index is 2.61. The van der Waals surface area contributed by atoms with Crippen molar-refractivity contribution in [3.63, 3.8) is 0 Å². The molecule has 2 heterocycles. The van der Waals surface area contributed by atoms with Gasteiger partial charge >= 0.3 is 0 Å². The van der Waals surface area contributed by atoms with Crippen LogP contribution in [-0.2, 0) is 0 Å². The van der Waals surface area contributed by atoms with Crippen molar-refractivity contribution in [2.75, 3.05) is 66.5 Å². The topological polar surface area (TPSA) is 13.0 Å². The molecule has 0 unspecified atom stereocenters. The van der Waals surface area contributed by atoms with Crippen molar-refractivity contribution in [2.24, 2.45) is 0 Å². The Labute approximate surface area is 119 Å². The van der Waals surface area contributed by atoms with Crippen LogP contribution in [-0.4, -0.2) is 86.3 Å². The Hall–Kier alpha value is -0.160. The van der Waals surface area contributed by atoms with Crippen LogP contribution in [0.4, 0.5) is 0 Å². The average molecular weight is 268 g/mol. The number of hydrogen-bond donors (Lipinski definition) is 0. The third kappa shape index (κ3) is 5.38. The lowest BCUT2D eigenvalue weighted by Crippen LogP contribution is -2.42. The quantitative estimate of drug-likeness (QED) is 0.616. The van der Waals surface area contributed by atoms with Gasteiger partial charge in [-0.05, 0) is 64.8 Å². The molecular formula is C15H32N4. The summed E-state index contributed by atoms with van der Waals surface area (Å²) in [7, 11) is 4.46. The molecule has 0 N–H and O–H groups in total. The molecule has 0 aromatic carbocycles. The summed E-state index contributed by atoms with van der Waals surface area (Å²) in [6.45, 7) is 10.1. The molecule has 0 spiro atoms. The van der Waals surface area contributed by atoms with Gasteiger partial charge in [-0.2, -0.15) is 0 Å². The van der Waals surface area contributed by atoms with Crippen LogP contribution in [0.25, 0.3) is 0 Å². The van der Waals surface area contributed by atoms with Gasteiger partial charge in [0, 0.05) is 33.7 Å². The maximum Gasteiger partial charge on any atom is 0.0258 e. The highest BCUT2D eigenvalue weighted by molar-refractivity contribution is 4.68. The first kappa shape index (κ1) is 15.2. The summed E-state index contributed by atoms with van der Waals surface area (Å²) in [5.74, 6) is 0. The zero-order valence-electron chi connectivity index (χ0n) is 13.0. The van der Waals surface area contributed by atoms with Crippen LogP contribution in [0.15, 0.2) is 0 Å². The van der Waals surface area contributed by atoms with E-state index < -0.39 is 0 Å². The highest BCUT2D eigenvalue weighted by atomic mass is 15.6. The van der Waals surface area contributed by atoms with Gasteiger partial charge in [-0.1, -0.05) is 0 Å². The first-order valence-electron chi connectivity index (χ1n) is 8.12. The highest BCUT2D eigenvalue weighted by Crippen LogP contribution is 2.08. The largest absolute Gasteiger partial charge is 0.303 e. The number of nitrogens with zero attached hydrogens (tertiary/aromatic N) is 4. The Morgan fingerprint density at radius 2 is 1.16 bits per heavy atom. The lowest BCUT2D eigenvalue weighted by molar-refractivity contribution is 0.0176. The molecule has 2 fully saturated rings. The smallest absolute Gasteiger partial charge is 0.0258 e. The molecule has 4 nitrogen and oxygen atoms in total. The molecule has 0 bridgehead atoms. The summed E-state index contributed by atoms with van der Waals surface area (Å²) >= 11 is 0. The van der Waals surface area contributed by atoms with Crippen molar-refractivity contribution in [1.82, 2.24) is 19.8 Å². The molecule has 0 aromatic heterocycles. The monoisotopic (exact) mass is 268 g/mol. The van der Waals surface area contributed by atoms with Crippen molar-refractivity contribution in [3.05, 3.63) is 0 Å². The van der Waals surface area contributed by atoms with Gasteiger partial charge in [-0.15, -0.1) is 0 Å². The van der Waals surface area contributed by atoms with Gasteiger partial charge < -0.3 is 9.80 Å². The molecule has 112 valence electrons. The van der Waals surface area contributed by atoms with E-state index in [-0.39, 0.29) is 0 Å². The molecule has 0 radical (unpaired) electrons. The van der Waals surface area contributed by atoms with E-state index in [0.717, 1.165) is 0 Å². The van der Waals surface area contributed by atoms with E-state index in [1.54, 1.807) is 0 Å². The summed E-state index contributed by atoms with van der Waals surface area (Å²) in [5.41, 5.74) is 0. The van der Waals surface area contributed by atoms with Crippen molar-refractivity contribution >= 4 is 0 Å². The van der Waals surface area contributed by atoms with Gasteiger partial charge in [0.15, 0.2) is 0 Å². The molecule has 2 saturated heterocycles. The summed E-state index contributed by atoms with van der Waals surface area (Å²) in [4.78, 5) is 5.20. The van der Waals surface area contributed by atoms with E-state index in [1.807, 2.05) is 0 Å². The SMILES string of the molecule is CN(CCCN1CCCC1)N(C)CCN1CCCC1. The molecule has 2 aliphatic rings. The number of hydrazine groups is 1. The van der Waals surface area contributed by atoms with Gasteiger partial charge in [0.05, 0.1) is 0 Å². The normalized spacial score (nSPS) is 22.1. The molecule has 0 atom stereocenters. The van der Waals surface area contributed by atoms with Crippen LogP contribution in [0.2, 0.25) is 0 Å². The molecule has 4 heteroatoms. The molecule has 0 saturated carbocycles. The second kappa shape index (κ2) is 8.20. The second-order valence-electron chi connectivity index (χ2n) is 6.21. The molecule has 0 amide bonds. The van der Waals surface area contributed by atoms with Crippen molar-refractivity contribution in [3.8, 4) is 0 Å². The summed E-state index contributed by atoms with van der Waals surface area (Å²) < 4.78 is 0. The molecular weight excluding hydrogens is 236 g/mol. The maximum absolute atomic E-state index is 2.61. The van der Waals surface area contributed by atoms with Crippen LogP contribution in [0.1, 0.15) is 32.1 Å². The Kier molecular flexibility index (Phi) is 6.57. The van der Waals surface area contributed by atoms with Crippen molar-refractivity contribution < 1.29 is 0 Å². The minimum atomic E-state index is 1.17. The minimum absolute atomic E-state index is 1.17. The van der Waals surface area contributed by atoms with E-state index in [0.29, 0.717) is 0 Å². The molecule has 0 aliphatic carbocycles. The standard InChI is InChI=1S/C15H32N4/c1-16(8-7-13-18-9-3-4-10-18)17(2)14-15-19-11-5-6-12-19/h3-15H2,1-2H3. The van der Waals surface area contributed by atoms with Crippen LogP contribution in [0.3, 0.4) is 0 Å². The predicted octanol–water partition coefficient (Wildman–Crippen LogP) is 1.35. The lowest BCUT2D eigenvalue weighted by Gasteiger charge is -2.30. The lowest BCUT2D eigenvalue weighted by atomic mass is 10.4.